The molecule has 0 spiro atoms. The van der Waals surface area contributed by atoms with E-state index in [1.807, 2.05) is 30.3 Å². The second-order valence-corrected chi connectivity index (χ2v) is 8.26. The fraction of sp³-hybridized carbons (Fsp3) is 0.222. The summed E-state index contributed by atoms with van der Waals surface area (Å²) in [6, 6.07) is 20.3. The van der Waals surface area contributed by atoms with E-state index in [2.05, 4.69) is 46.3 Å². The lowest BCUT2D eigenvalue weighted by Gasteiger charge is -2.15. The number of nitrogens with zero attached hydrogens (tertiary/aromatic N) is 2. The van der Waals surface area contributed by atoms with Crippen molar-refractivity contribution in [1.82, 2.24) is 9.38 Å². The van der Waals surface area contributed by atoms with Crippen LogP contribution in [0.5, 0.6) is 11.5 Å². The Morgan fingerprint density at radius 3 is 2.53 bits per heavy atom. The van der Waals surface area contributed by atoms with Gasteiger partial charge in [0.25, 0.3) is 0 Å². The minimum Gasteiger partial charge on any atom is -0.504 e. The molecule has 2 aromatic heterocycles. The first-order chi connectivity index (χ1) is 15.7. The number of hydrogen-bond donors (Lipinski definition) is 2. The third-order valence-electron chi connectivity index (χ3n) is 6.06. The maximum atomic E-state index is 10.3. The number of rotatable bonds is 6. The van der Waals surface area contributed by atoms with Gasteiger partial charge in [0.15, 0.2) is 11.5 Å². The molecule has 2 aromatic carbocycles. The van der Waals surface area contributed by atoms with Crippen LogP contribution < -0.4 is 10.1 Å². The van der Waals surface area contributed by atoms with Crippen LogP contribution in [-0.2, 0) is 0 Å². The van der Waals surface area contributed by atoms with Crippen molar-refractivity contribution < 1.29 is 9.84 Å². The molecule has 162 valence electrons. The summed E-state index contributed by atoms with van der Waals surface area (Å²) in [6.07, 6.45) is 11.2. The molecule has 0 radical (unpaired) electrons. The number of phenols is 1. The Morgan fingerprint density at radius 2 is 1.78 bits per heavy atom. The topological polar surface area (TPSA) is 58.8 Å². The van der Waals surface area contributed by atoms with Gasteiger partial charge in [-0.2, -0.15) is 0 Å². The van der Waals surface area contributed by atoms with E-state index < -0.39 is 0 Å². The Hall–Kier alpha value is -3.73. The molecule has 0 unspecified atom stereocenters. The second kappa shape index (κ2) is 8.79. The van der Waals surface area contributed by atoms with Crippen LogP contribution in [0.3, 0.4) is 0 Å². The predicted octanol–water partition coefficient (Wildman–Crippen LogP) is 6.24. The van der Waals surface area contributed by atoms with Crippen molar-refractivity contribution in [3.63, 3.8) is 0 Å². The quantitative estimate of drug-likeness (QED) is 0.384. The maximum absolute atomic E-state index is 10.3. The van der Waals surface area contributed by atoms with E-state index in [-0.39, 0.29) is 5.75 Å². The Balaban J connectivity index is 1.58. The van der Waals surface area contributed by atoms with Crippen LogP contribution >= 0.6 is 0 Å². The molecule has 5 nitrogen and oxygen atoms in total. The van der Waals surface area contributed by atoms with E-state index in [0.717, 1.165) is 46.7 Å². The van der Waals surface area contributed by atoms with Crippen molar-refractivity contribution in [2.45, 2.75) is 31.7 Å². The molecule has 4 aromatic rings. The van der Waals surface area contributed by atoms with Crippen LogP contribution in [0.15, 0.2) is 66.9 Å². The van der Waals surface area contributed by atoms with Gasteiger partial charge in [0.1, 0.15) is 17.2 Å². The molecule has 2 N–H and O–H groups in total. The lowest BCUT2D eigenvalue weighted by Crippen LogP contribution is -2.16. The van der Waals surface area contributed by atoms with Gasteiger partial charge in [-0.05, 0) is 54.3 Å². The number of benzene rings is 2. The maximum Gasteiger partial charge on any atom is 0.160 e. The first kappa shape index (κ1) is 20.2. The highest BCUT2D eigenvalue weighted by Crippen LogP contribution is 2.36. The van der Waals surface area contributed by atoms with E-state index in [1.165, 1.54) is 12.8 Å². The average Bonchev–Trinajstić information content (AvgIpc) is 3.47. The van der Waals surface area contributed by atoms with Gasteiger partial charge in [-0.3, -0.25) is 4.40 Å². The van der Waals surface area contributed by atoms with Gasteiger partial charge in [0.2, 0.25) is 0 Å². The van der Waals surface area contributed by atoms with Crippen molar-refractivity contribution in [2.75, 3.05) is 12.4 Å². The molecule has 0 amide bonds. The summed E-state index contributed by atoms with van der Waals surface area (Å²) < 4.78 is 7.34. The number of pyridine rings is 1. The zero-order valence-corrected chi connectivity index (χ0v) is 18.2. The monoisotopic (exact) mass is 425 g/mol. The van der Waals surface area contributed by atoms with Crippen LogP contribution in [0.25, 0.3) is 29.1 Å². The lowest BCUT2D eigenvalue weighted by molar-refractivity contribution is 0.373. The Kier molecular flexibility index (Phi) is 5.55. The Bertz CT molecular complexity index is 1250. The summed E-state index contributed by atoms with van der Waals surface area (Å²) >= 11 is 0. The number of methoxy groups -OCH3 is 1. The summed E-state index contributed by atoms with van der Waals surface area (Å²) in [7, 11) is 1.55. The number of anilines is 1. The summed E-state index contributed by atoms with van der Waals surface area (Å²) in [6.45, 7) is 0. The first-order valence-electron chi connectivity index (χ1n) is 11.1. The zero-order chi connectivity index (χ0) is 21.9. The van der Waals surface area contributed by atoms with E-state index >= 15 is 0 Å². The smallest absolute Gasteiger partial charge is 0.160 e. The van der Waals surface area contributed by atoms with Crippen molar-refractivity contribution in [2.24, 2.45) is 0 Å². The van der Waals surface area contributed by atoms with Gasteiger partial charge < -0.3 is 15.2 Å². The van der Waals surface area contributed by atoms with Crippen LogP contribution in [0.1, 0.15) is 36.8 Å². The number of nitrogens with one attached hydrogen (secondary N) is 1. The number of aromatic hydroxyl groups is 1. The molecule has 1 aliphatic carbocycles. The number of fused-ring (bicyclic) bond motifs is 1. The second-order valence-electron chi connectivity index (χ2n) is 8.26. The van der Waals surface area contributed by atoms with E-state index in [0.29, 0.717) is 11.8 Å². The van der Waals surface area contributed by atoms with Gasteiger partial charge in [0.05, 0.1) is 7.11 Å². The lowest BCUT2D eigenvalue weighted by atomic mass is 10.1. The number of imidazole rings is 1. The Labute approximate surface area is 188 Å². The normalized spacial score (nSPS) is 14.4. The molecule has 0 atom stereocenters. The van der Waals surface area contributed by atoms with Crippen molar-refractivity contribution in [1.29, 1.82) is 0 Å². The van der Waals surface area contributed by atoms with Gasteiger partial charge in [-0.25, -0.2) is 4.98 Å². The predicted molar refractivity (Wildman–Crippen MR) is 130 cm³/mol. The summed E-state index contributed by atoms with van der Waals surface area (Å²) in [5.41, 5.74) is 4.81. The van der Waals surface area contributed by atoms with Crippen molar-refractivity contribution >= 4 is 23.6 Å². The van der Waals surface area contributed by atoms with Gasteiger partial charge in [-0.15, -0.1) is 0 Å². The standard InChI is InChI=1S/C27H27N3O2/c1-32-24-15-14-21(17-23(24)31)26-27(28-22-9-5-6-10-22)30-18-20(13-16-25(30)29-26)12-11-19-7-3-2-4-8-19/h2-4,7-8,11-18,22,28,31H,5-6,9-10H2,1H3/b12-11+. The highest BCUT2D eigenvalue weighted by molar-refractivity contribution is 5.79. The molecule has 0 saturated heterocycles. The third-order valence-corrected chi connectivity index (χ3v) is 6.06. The summed E-state index contributed by atoms with van der Waals surface area (Å²) in [5, 5.41) is 14.1. The zero-order valence-electron chi connectivity index (χ0n) is 18.2. The van der Waals surface area contributed by atoms with E-state index in [1.54, 1.807) is 19.2 Å². The van der Waals surface area contributed by atoms with Crippen LogP contribution in [-0.4, -0.2) is 27.6 Å². The molecule has 5 heteroatoms. The minimum absolute atomic E-state index is 0.111. The number of ether oxygens (including phenoxy) is 1. The highest BCUT2D eigenvalue weighted by atomic mass is 16.5. The molecule has 0 aliphatic heterocycles. The molecular weight excluding hydrogens is 398 g/mol. The number of aromatic nitrogens is 2. The molecular formula is C27H27N3O2. The summed E-state index contributed by atoms with van der Waals surface area (Å²) in [4.78, 5) is 4.91. The summed E-state index contributed by atoms with van der Waals surface area (Å²) in [5.74, 6) is 1.53. The van der Waals surface area contributed by atoms with Crippen molar-refractivity contribution in [3.8, 4) is 22.8 Å². The minimum atomic E-state index is 0.111. The van der Waals surface area contributed by atoms with Crippen LogP contribution in [0, 0.1) is 0 Å². The number of phenolic OH excluding ortho intramolecular Hbond substituents is 1. The van der Waals surface area contributed by atoms with Gasteiger partial charge in [0, 0.05) is 17.8 Å². The number of hydrogen-bond acceptors (Lipinski definition) is 4. The van der Waals surface area contributed by atoms with E-state index in [9.17, 15) is 5.11 Å². The van der Waals surface area contributed by atoms with Crippen molar-refractivity contribution in [3.05, 3.63) is 78.0 Å². The fourth-order valence-electron chi connectivity index (χ4n) is 4.36. The van der Waals surface area contributed by atoms with E-state index in [4.69, 9.17) is 9.72 Å². The van der Waals surface area contributed by atoms with Gasteiger partial charge in [-0.1, -0.05) is 55.3 Å². The Morgan fingerprint density at radius 1 is 1.00 bits per heavy atom. The molecule has 32 heavy (non-hydrogen) atoms. The largest absolute Gasteiger partial charge is 0.504 e. The molecule has 1 saturated carbocycles. The molecule has 2 heterocycles. The molecule has 1 fully saturated rings. The van der Waals surface area contributed by atoms with Gasteiger partial charge >= 0.3 is 0 Å². The fourth-order valence-corrected chi connectivity index (χ4v) is 4.36. The molecule has 0 bridgehead atoms. The third kappa shape index (κ3) is 4.06. The molecule has 5 rings (SSSR count). The SMILES string of the molecule is COc1ccc(-c2nc3ccc(/C=C/c4ccccc4)cn3c2NC2CCCC2)cc1O. The van der Waals surface area contributed by atoms with Crippen LogP contribution in [0.4, 0.5) is 5.82 Å². The average molecular weight is 426 g/mol. The molecule has 1 aliphatic rings. The first-order valence-corrected chi connectivity index (χ1v) is 11.1. The highest BCUT2D eigenvalue weighted by Gasteiger charge is 2.21. The van der Waals surface area contributed by atoms with Crippen LogP contribution in [0.2, 0.25) is 0 Å².